The molecule has 0 heterocycles. The summed E-state index contributed by atoms with van der Waals surface area (Å²) in [6.07, 6.45) is 2.34. The second kappa shape index (κ2) is 5.61. The quantitative estimate of drug-likeness (QED) is 0.647. The van der Waals surface area contributed by atoms with Gasteiger partial charge in [-0.15, -0.1) is 0 Å². The molecule has 0 aliphatic heterocycles. The van der Waals surface area contributed by atoms with Crippen LogP contribution in [0.4, 0.5) is 5.69 Å². The van der Waals surface area contributed by atoms with Gasteiger partial charge in [0, 0.05) is 18.4 Å². The highest BCUT2D eigenvalue weighted by Gasteiger charge is 2.38. The van der Waals surface area contributed by atoms with E-state index in [9.17, 15) is 0 Å². The van der Waals surface area contributed by atoms with Crippen molar-refractivity contribution in [1.29, 1.82) is 0 Å². The van der Waals surface area contributed by atoms with Crippen molar-refractivity contribution < 1.29 is 4.74 Å². The van der Waals surface area contributed by atoms with Gasteiger partial charge >= 0.3 is 0 Å². The lowest BCUT2D eigenvalue weighted by Gasteiger charge is -2.41. The minimum absolute atomic E-state index is 0.276. The molecule has 0 saturated heterocycles. The molecule has 0 spiro atoms. The number of nitrogens with one attached hydrogen (secondary N) is 1. The topological polar surface area (TPSA) is 59.6 Å². The van der Waals surface area contributed by atoms with E-state index in [2.05, 4.69) is 24.2 Å². The normalized spacial score (nSPS) is 21.8. The van der Waals surface area contributed by atoms with Crippen molar-refractivity contribution in [3.63, 3.8) is 0 Å². The molecular formula is C15H23N3O. The summed E-state index contributed by atoms with van der Waals surface area (Å²) >= 11 is 0. The number of para-hydroxylation sites is 1. The molecule has 4 heteroatoms. The van der Waals surface area contributed by atoms with Gasteiger partial charge in [-0.2, -0.15) is 0 Å². The predicted octanol–water partition coefficient (Wildman–Crippen LogP) is 2.75. The molecule has 0 aromatic heterocycles. The van der Waals surface area contributed by atoms with Gasteiger partial charge in [0.25, 0.3) is 0 Å². The van der Waals surface area contributed by atoms with Gasteiger partial charge in [0.2, 0.25) is 0 Å². The Morgan fingerprint density at radius 1 is 1.47 bits per heavy atom. The maximum atomic E-state index is 6.00. The third kappa shape index (κ3) is 3.26. The molecule has 1 unspecified atom stereocenters. The maximum Gasteiger partial charge on any atom is 0.193 e. The monoisotopic (exact) mass is 261 g/mol. The molecule has 1 saturated carbocycles. The van der Waals surface area contributed by atoms with E-state index in [1.54, 1.807) is 7.11 Å². The van der Waals surface area contributed by atoms with E-state index in [1.165, 1.54) is 6.42 Å². The number of aliphatic imine (C=N–C) groups is 1. The fraction of sp³-hybridized carbons (Fsp3) is 0.533. The van der Waals surface area contributed by atoms with Crippen LogP contribution in [0.5, 0.6) is 0 Å². The first kappa shape index (κ1) is 13.9. The van der Waals surface area contributed by atoms with Crippen molar-refractivity contribution in [3.8, 4) is 0 Å². The fourth-order valence-corrected chi connectivity index (χ4v) is 2.35. The van der Waals surface area contributed by atoms with Crippen LogP contribution in [-0.4, -0.2) is 19.1 Å². The van der Waals surface area contributed by atoms with Crippen LogP contribution in [0.2, 0.25) is 0 Å². The highest BCUT2D eigenvalue weighted by Crippen LogP contribution is 2.42. The lowest BCUT2D eigenvalue weighted by molar-refractivity contribution is 0.145. The molecule has 2 rings (SSSR count). The Labute approximate surface area is 115 Å². The third-order valence-electron chi connectivity index (χ3n) is 3.84. The zero-order chi connectivity index (χ0) is 13.9. The molecule has 104 valence electrons. The number of hydrogen-bond acceptors (Lipinski definition) is 2. The summed E-state index contributed by atoms with van der Waals surface area (Å²) < 4.78 is 5.18. The number of anilines is 1. The van der Waals surface area contributed by atoms with Crippen LogP contribution >= 0.6 is 0 Å². The summed E-state index contributed by atoms with van der Waals surface area (Å²) in [5, 5.41) is 3.18. The highest BCUT2D eigenvalue weighted by atomic mass is 16.5. The van der Waals surface area contributed by atoms with Gasteiger partial charge in [0.05, 0.1) is 12.6 Å². The molecule has 0 bridgehead atoms. The standard InChI is InChI=1S/C15H23N3O/c1-15(2)9-8-13(15)18-14(16)17-12-7-5-4-6-11(12)10-19-3/h4-7,13H,8-10H2,1-3H3,(H3,16,17,18). The van der Waals surface area contributed by atoms with Gasteiger partial charge in [-0.05, 0) is 24.3 Å². The molecule has 19 heavy (non-hydrogen) atoms. The van der Waals surface area contributed by atoms with E-state index < -0.39 is 0 Å². The van der Waals surface area contributed by atoms with Gasteiger partial charge in [0.1, 0.15) is 0 Å². The molecule has 0 amide bonds. The van der Waals surface area contributed by atoms with E-state index in [0.29, 0.717) is 18.6 Å². The maximum absolute atomic E-state index is 6.00. The van der Waals surface area contributed by atoms with E-state index >= 15 is 0 Å². The molecule has 1 aromatic rings. The van der Waals surface area contributed by atoms with Crippen molar-refractivity contribution >= 4 is 11.6 Å². The summed E-state index contributed by atoms with van der Waals surface area (Å²) in [7, 11) is 1.69. The van der Waals surface area contributed by atoms with Crippen LogP contribution in [-0.2, 0) is 11.3 Å². The predicted molar refractivity (Wildman–Crippen MR) is 79.2 cm³/mol. The van der Waals surface area contributed by atoms with E-state index in [0.717, 1.165) is 17.7 Å². The Hall–Kier alpha value is -1.55. The number of guanidine groups is 1. The lowest BCUT2D eigenvalue weighted by Crippen LogP contribution is -2.40. The van der Waals surface area contributed by atoms with Crippen molar-refractivity contribution in [2.45, 2.75) is 39.3 Å². The average molecular weight is 261 g/mol. The number of rotatable bonds is 4. The summed E-state index contributed by atoms with van der Waals surface area (Å²) in [6, 6.07) is 8.30. The molecule has 1 aliphatic rings. The number of ether oxygens (including phenoxy) is 1. The first-order valence-electron chi connectivity index (χ1n) is 6.70. The average Bonchev–Trinajstić information content (AvgIpc) is 2.37. The van der Waals surface area contributed by atoms with Crippen molar-refractivity contribution in [2.24, 2.45) is 16.1 Å². The van der Waals surface area contributed by atoms with Crippen molar-refractivity contribution in [2.75, 3.05) is 12.4 Å². The molecule has 1 atom stereocenters. The number of methoxy groups -OCH3 is 1. The smallest absolute Gasteiger partial charge is 0.193 e. The zero-order valence-electron chi connectivity index (χ0n) is 11.9. The molecule has 1 aliphatic carbocycles. The minimum Gasteiger partial charge on any atom is -0.380 e. The number of nitrogens with two attached hydrogens (primary N) is 1. The first-order valence-corrected chi connectivity index (χ1v) is 6.70. The minimum atomic E-state index is 0.276. The Bertz CT molecular complexity index is 468. The first-order chi connectivity index (χ1) is 9.03. The van der Waals surface area contributed by atoms with Crippen LogP contribution in [0.25, 0.3) is 0 Å². The summed E-state index contributed by atoms with van der Waals surface area (Å²) in [6.45, 7) is 5.03. The molecule has 0 radical (unpaired) electrons. The Kier molecular flexibility index (Phi) is 4.10. The van der Waals surface area contributed by atoms with E-state index in [4.69, 9.17) is 10.5 Å². The second-order valence-electron chi connectivity index (χ2n) is 5.77. The third-order valence-corrected chi connectivity index (χ3v) is 3.84. The van der Waals surface area contributed by atoms with Gasteiger partial charge in [-0.1, -0.05) is 32.0 Å². The summed E-state index contributed by atoms with van der Waals surface area (Å²) in [4.78, 5) is 4.57. The van der Waals surface area contributed by atoms with Crippen LogP contribution in [0.15, 0.2) is 29.3 Å². The largest absolute Gasteiger partial charge is 0.380 e. The molecule has 1 fully saturated rings. The van der Waals surface area contributed by atoms with E-state index in [1.807, 2.05) is 24.3 Å². The molecule has 4 nitrogen and oxygen atoms in total. The number of benzene rings is 1. The van der Waals surface area contributed by atoms with Gasteiger partial charge in [-0.25, -0.2) is 4.99 Å². The highest BCUT2D eigenvalue weighted by molar-refractivity contribution is 5.93. The Morgan fingerprint density at radius 2 is 2.21 bits per heavy atom. The van der Waals surface area contributed by atoms with Crippen LogP contribution in [0.1, 0.15) is 32.3 Å². The fourth-order valence-electron chi connectivity index (χ4n) is 2.35. The summed E-state index contributed by atoms with van der Waals surface area (Å²) in [5.41, 5.74) is 8.32. The molecule has 3 N–H and O–H groups in total. The van der Waals surface area contributed by atoms with Crippen molar-refractivity contribution in [1.82, 2.24) is 0 Å². The zero-order valence-corrected chi connectivity index (χ0v) is 11.9. The summed E-state index contributed by atoms with van der Waals surface area (Å²) in [5.74, 6) is 0.487. The molecule has 1 aromatic carbocycles. The second-order valence-corrected chi connectivity index (χ2v) is 5.77. The molecular weight excluding hydrogens is 238 g/mol. The van der Waals surface area contributed by atoms with Gasteiger partial charge in [0.15, 0.2) is 5.96 Å². The van der Waals surface area contributed by atoms with Gasteiger partial charge < -0.3 is 15.8 Å². The SMILES string of the molecule is COCc1ccccc1NC(N)=NC1CCC1(C)C. The van der Waals surface area contributed by atoms with E-state index in [-0.39, 0.29) is 5.41 Å². The van der Waals surface area contributed by atoms with Crippen molar-refractivity contribution in [3.05, 3.63) is 29.8 Å². The number of hydrogen-bond donors (Lipinski definition) is 2. The van der Waals surface area contributed by atoms with Gasteiger partial charge in [-0.3, -0.25) is 0 Å². The number of nitrogens with zero attached hydrogens (tertiary/aromatic N) is 1. The Morgan fingerprint density at radius 3 is 2.79 bits per heavy atom. The van der Waals surface area contributed by atoms with Crippen LogP contribution in [0, 0.1) is 5.41 Å². The van der Waals surface area contributed by atoms with Crippen LogP contribution < -0.4 is 11.1 Å². The lowest BCUT2D eigenvalue weighted by atomic mass is 9.68. The van der Waals surface area contributed by atoms with Crippen LogP contribution in [0.3, 0.4) is 0 Å². The Balaban J connectivity index is 2.06.